The normalized spacial score (nSPS) is 11.0. The summed E-state index contributed by atoms with van der Waals surface area (Å²) in [5.74, 6) is 0.568. The molecule has 0 aliphatic rings. The van der Waals surface area contributed by atoms with Crippen molar-refractivity contribution in [1.82, 2.24) is 20.2 Å². The van der Waals surface area contributed by atoms with Gasteiger partial charge in [-0.25, -0.2) is 0 Å². The summed E-state index contributed by atoms with van der Waals surface area (Å²) in [7, 11) is 0. The summed E-state index contributed by atoms with van der Waals surface area (Å²) in [5, 5.41) is 14.4. The van der Waals surface area contributed by atoms with Crippen LogP contribution in [0.2, 0.25) is 15.1 Å². The van der Waals surface area contributed by atoms with E-state index >= 15 is 0 Å². The van der Waals surface area contributed by atoms with Gasteiger partial charge in [0.2, 0.25) is 5.16 Å². The highest BCUT2D eigenvalue weighted by atomic mass is 35.5. The second kappa shape index (κ2) is 7.09. The van der Waals surface area contributed by atoms with Gasteiger partial charge in [0, 0.05) is 20.8 Å². The topological polar surface area (TPSA) is 43.6 Å². The van der Waals surface area contributed by atoms with Crippen LogP contribution in [0.3, 0.4) is 0 Å². The van der Waals surface area contributed by atoms with E-state index in [1.54, 1.807) is 4.68 Å². The van der Waals surface area contributed by atoms with E-state index in [4.69, 9.17) is 34.8 Å². The first-order valence-corrected chi connectivity index (χ1v) is 8.79. The maximum atomic E-state index is 6.19. The van der Waals surface area contributed by atoms with Crippen molar-refractivity contribution in [2.75, 3.05) is 0 Å². The van der Waals surface area contributed by atoms with Gasteiger partial charge < -0.3 is 0 Å². The molecule has 0 aliphatic carbocycles. The van der Waals surface area contributed by atoms with Gasteiger partial charge in [0.05, 0.1) is 5.69 Å². The molecule has 23 heavy (non-hydrogen) atoms. The second-order valence-corrected chi connectivity index (χ2v) is 6.96. The van der Waals surface area contributed by atoms with E-state index in [2.05, 4.69) is 15.5 Å². The molecule has 0 saturated carbocycles. The molecule has 3 aromatic rings. The molecule has 0 amide bonds. The number of benzene rings is 2. The molecule has 0 saturated heterocycles. The van der Waals surface area contributed by atoms with Crippen molar-refractivity contribution in [2.45, 2.75) is 17.8 Å². The van der Waals surface area contributed by atoms with Gasteiger partial charge in [0.15, 0.2) is 0 Å². The van der Waals surface area contributed by atoms with Crippen LogP contribution in [0.1, 0.15) is 11.1 Å². The monoisotopic (exact) mass is 384 g/mol. The van der Waals surface area contributed by atoms with Crippen LogP contribution in [-0.2, 0) is 5.75 Å². The fourth-order valence-corrected chi connectivity index (χ4v) is 3.76. The van der Waals surface area contributed by atoms with E-state index in [1.807, 2.05) is 43.3 Å². The lowest BCUT2D eigenvalue weighted by atomic mass is 10.2. The van der Waals surface area contributed by atoms with Crippen LogP contribution in [0.4, 0.5) is 0 Å². The molecule has 0 unspecified atom stereocenters. The molecular formula is C15H11Cl3N4S. The van der Waals surface area contributed by atoms with Crippen molar-refractivity contribution in [2.24, 2.45) is 0 Å². The Labute approximate surface area is 152 Å². The van der Waals surface area contributed by atoms with E-state index in [9.17, 15) is 0 Å². The van der Waals surface area contributed by atoms with Crippen LogP contribution < -0.4 is 0 Å². The predicted octanol–water partition coefficient (Wildman–Crippen LogP) is 5.22. The highest BCUT2D eigenvalue weighted by Crippen LogP contribution is 2.31. The number of hydrogen-bond donors (Lipinski definition) is 0. The van der Waals surface area contributed by atoms with Crippen molar-refractivity contribution in [3.05, 3.63) is 62.6 Å². The van der Waals surface area contributed by atoms with Gasteiger partial charge in [-0.3, -0.25) is 0 Å². The molecule has 0 atom stereocenters. The Bertz CT molecular complexity index is 830. The van der Waals surface area contributed by atoms with Crippen LogP contribution in [0.5, 0.6) is 0 Å². The maximum Gasteiger partial charge on any atom is 0.214 e. The molecular weight excluding hydrogens is 375 g/mol. The lowest BCUT2D eigenvalue weighted by Gasteiger charge is -2.08. The molecule has 0 aliphatic heterocycles. The largest absolute Gasteiger partial charge is 0.214 e. The van der Waals surface area contributed by atoms with E-state index < -0.39 is 0 Å². The Kier molecular flexibility index (Phi) is 5.11. The molecule has 0 N–H and O–H groups in total. The Hall–Kier alpha value is -1.27. The zero-order chi connectivity index (χ0) is 16.4. The minimum atomic E-state index is 0.568. The molecule has 8 heteroatoms. The third-order valence-electron chi connectivity index (χ3n) is 3.25. The van der Waals surface area contributed by atoms with Gasteiger partial charge in [-0.2, -0.15) is 4.68 Å². The first-order chi connectivity index (χ1) is 11.1. The molecule has 0 bridgehead atoms. The summed E-state index contributed by atoms with van der Waals surface area (Å²) in [5.41, 5.74) is 2.66. The number of tetrazole rings is 1. The lowest BCUT2D eigenvalue weighted by molar-refractivity contribution is 0.756. The van der Waals surface area contributed by atoms with Crippen LogP contribution in [-0.4, -0.2) is 20.2 Å². The molecule has 4 nitrogen and oxygen atoms in total. The number of thioether (sulfide) groups is 1. The minimum Gasteiger partial charge on any atom is -0.187 e. The average Bonchev–Trinajstić information content (AvgIpc) is 2.98. The molecule has 0 radical (unpaired) electrons. The summed E-state index contributed by atoms with van der Waals surface area (Å²) in [6.07, 6.45) is 0. The zero-order valence-electron chi connectivity index (χ0n) is 12.0. The van der Waals surface area contributed by atoms with Crippen molar-refractivity contribution >= 4 is 46.6 Å². The van der Waals surface area contributed by atoms with Gasteiger partial charge in [-0.15, -0.1) is 5.10 Å². The van der Waals surface area contributed by atoms with E-state index in [0.717, 1.165) is 16.8 Å². The first kappa shape index (κ1) is 16.6. The molecule has 1 heterocycles. The average molecular weight is 386 g/mol. The number of nitrogens with zero attached hydrogens (tertiary/aromatic N) is 4. The van der Waals surface area contributed by atoms with Crippen LogP contribution in [0, 0.1) is 6.92 Å². The highest BCUT2D eigenvalue weighted by molar-refractivity contribution is 7.98. The van der Waals surface area contributed by atoms with E-state index in [0.29, 0.717) is 26.0 Å². The number of halogens is 3. The summed E-state index contributed by atoms with van der Waals surface area (Å²) in [6.45, 7) is 1.95. The van der Waals surface area contributed by atoms with Crippen LogP contribution in [0.25, 0.3) is 5.69 Å². The summed E-state index contributed by atoms with van der Waals surface area (Å²) < 4.78 is 1.64. The quantitative estimate of drug-likeness (QED) is 0.577. The van der Waals surface area contributed by atoms with Crippen LogP contribution >= 0.6 is 46.6 Å². The maximum absolute atomic E-state index is 6.19. The Morgan fingerprint density at radius 2 is 1.78 bits per heavy atom. The third-order valence-corrected chi connectivity index (χ3v) is 5.31. The number of aryl methyl sites for hydroxylation is 1. The minimum absolute atomic E-state index is 0.568. The van der Waals surface area contributed by atoms with Gasteiger partial charge in [0.25, 0.3) is 0 Å². The van der Waals surface area contributed by atoms with Gasteiger partial charge >= 0.3 is 0 Å². The van der Waals surface area contributed by atoms with Gasteiger partial charge in [-0.1, -0.05) is 58.7 Å². The van der Waals surface area contributed by atoms with E-state index in [-0.39, 0.29) is 0 Å². The zero-order valence-corrected chi connectivity index (χ0v) is 15.1. The molecule has 3 rings (SSSR count). The number of hydrogen-bond acceptors (Lipinski definition) is 4. The highest BCUT2D eigenvalue weighted by Gasteiger charge is 2.13. The SMILES string of the molecule is Cc1ccc(-n2nnnc2SCc2c(Cl)cccc2Cl)cc1Cl. The smallest absolute Gasteiger partial charge is 0.187 e. The lowest BCUT2D eigenvalue weighted by Crippen LogP contribution is -1.99. The third kappa shape index (κ3) is 3.63. The fraction of sp³-hybridized carbons (Fsp3) is 0.133. The Morgan fingerprint density at radius 3 is 2.48 bits per heavy atom. The fourth-order valence-electron chi connectivity index (χ4n) is 1.95. The summed E-state index contributed by atoms with van der Waals surface area (Å²) >= 11 is 20.0. The molecule has 0 spiro atoms. The predicted molar refractivity (Wildman–Crippen MR) is 94.9 cm³/mol. The molecule has 118 valence electrons. The van der Waals surface area contributed by atoms with E-state index in [1.165, 1.54) is 11.8 Å². The van der Waals surface area contributed by atoms with Crippen LogP contribution in [0.15, 0.2) is 41.6 Å². The number of aromatic nitrogens is 4. The van der Waals surface area contributed by atoms with Gasteiger partial charge in [-0.05, 0) is 52.7 Å². The summed E-state index contributed by atoms with van der Waals surface area (Å²) in [6, 6.07) is 11.1. The van der Waals surface area contributed by atoms with Crippen molar-refractivity contribution < 1.29 is 0 Å². The standard InChI is InChI=1S/C15H11Cl3N4S/c1-9-5-6-10(7-14(9)18)22-15(19-20-21-22)23-8-11-12(16)3-2-4-13(11)17/h2-7H,8H2,1H3. The van der Waals surface area contributed by atoms with Gasteiger partial charge in [0.1, 0.15) is 0 Å². The van der Waals surface area contributed by atoms with Crippen molar-refractivity contribution in [3.63, 3.8) is 0 Å². The van der Waals surface area contributed by atoms with Crippen molar-refractivity contribution in [3.8, 4) is 5.69 Å². The van der Waals surface area contributed by atoms with Crippen molar-refractivity contribution in [1.29, 1.82) is 0 Å². The molecule has 2 aromatic carbocycles. The summed E-state index contributed by atoms with van der Waals surface area (Å²) in [4.78, 5) is 0. The molecule has 0 fully saturated rings. The second-order valence-electron chi connectivity index (χ2n) is 4.80. The Balaban J connectivity index is 1.85. The first-order valence-electron chi connectivity index (χ1n) is 6.67. The Morgan fingerprint density at radius 1 is 1.04 bits per heavy atom. The number of rotatable bonds is 4. The molecule has 1 aromatic heterocycles.